The number of hydrazine groups is 1. The van der Waals surface area contributed by atoms with Gasteiger partial charge < -0.3 is 0 Å². The van der Waals surface area contributed by atoms with Crippen molar-refractivity contribution in [3.8, 4) is 0 Å². The molecule has 1 aromatic carbocycles. The molecule has 0 amide bonds. The Labute approximate surface area is 130 Å². The largest absolute Gasteiger partial charge is 0.271 e. The van der Waals surface area contributed by atoms with Crippen molar-refractivity contribution in [2.75, 3.05) is 0 Å². The van der Waals surface area contributed by atoms with Gasteiger partial charge in [0.25, 0.3) is 0 Å². The van der Waals surface area contributed by atoms with Crippen LogP contribution in [0.4, 0.5) is 4.39 Å². The molecule has 2 rings (SSSR count). The lowest BCUT2D eigenvalue weighted by atomic mass is 10.0. The van der Waals surface area contributed by atoms with E-state index in [1.807, 2.05) is 6.92 Å². The average Bonchev–Trinajstić information content (AvgIpc) is 2.76. The van der Waals surface area contributed by atoms with Crippen LogP contribution in [0.2, 0.25) is 5.02 Å². The van der Waals surface area contributed by atoms with Crippen LogP contribution in [-0.2, 0) is 6.54 Å². The molecule has 7 heteroatoms. The summed E-state index contributed by atoms with van der Waals surface area (Å²) in [7, 11) is 0. The molecule has 1 unspecified atom stereocenters. The molecule has 0 saturated heterocycles. The predicted octanol–water partition coefficient (Wildman–Crippen LogP) is 3.40. The van der Waals surface area contributed by atoms with Crippen molar-refractivity contribution in [1.29, 1.82) is 0 Å². The maximum Gasteiger partial charge on any atom is 0.129 e. The van der Waals surface area contributed by atoms with E-state index >= 15 is 0 Å². The molecule has 1 heterocycles. The second kappa shape index (κ2) is 6.67. The summed E-state index contributed by atoms with van der Waals surface area (Å²) in [6, 6.07) is 3.98. The van der Waals surface area contributed by atoms with Crippen LogP contribution in [0.3, 0.4) is 0 Å². The molecule has 0 aliphatic rings. The Morgan fingerprint density at radius 3 is 2.90 bits per heavy atom. The fourth-order valence-electron chi connectivity index (χ4n) is 2.13. The first kappa shape index (κ1) is 15.4. The highest BCUT2D eigenvalue weighted by molar-refractivity contribution is 9.10. The third-order valence-electron chi connectivity index (χ3n) is 3.00. The Balaban J connectivity index is 2.55. The third kappa shape index (κ3) is 2.88. The Hall–Kier alpha value is -0.950. The predicted molar refractivity (Wildman–Crippen MR) is 80.8 cm³/mol. The molecule has 20 heavy (non-hydrogen) atoms. The van der Waals surface area contributed by atoms with Gasteiger partial charge in [-0.3, -0.25) is 10.5 Å². The first-order chi connectivity index (χ1) is 9.60. The second-order valence-corrected chi connectivity index (χ2v) is 5.60. The number of hydrogen-bond donors (Lipinski definition) is 2. The van der Waals surface area contributed by atoms with Gasteiger partial charge in [-0.05, 0) is 34.5 Å². The Morgan fingerprint density at radius 2 is 2.30 bits per heavy atom. The summed E-state index contributed by atoms with van der Waals surface area (Å²) < 4.78 is 16.7. The van der Waals surface area contributed by atoms with Gasteiger partial charge in [0.15, 0.2) is 0 Å². The van der Waals surface area contributed by atoms with Crippen LogP contribution in [-0.4, -0.2) is 9.78 Å². The monoisotopic (exact) mass is 360 g/mol. The van der Waals surface area contributed by atoms with Gasteiger partial charge in [0.2, 0.25) is 0 Å². The summed E-state index contributed by atoms with van der Waals surface area (Å²) in [5.41, 5.74) is 3.69. The molecule has 0 radical (unpaired) electrons. The van der Waals surface area contributed by atoms with E-state index in [2.05, 4.69) is 26.5 Å². The summed E-state index contributed by atoms with van der Waals surface area (Å²) in [6.45, 7) is 2.76. The number of aromatic nitrogens is 2. The van der Waals surface area contributed by atoms with Crippen molar-refractivity contribution in [2.45, 2.75) is 25.9 Å². The maximum absolute atomic E-state index is 14.1. The lowest BCUT2D eigenvalue weighted by molar-refractivity contribution is 0.501. The standard InChI is InChI=1S/C13H15BrClFN4/c1-2-6-20-13(8(14)7-18-20)12(19-17)11-9(15)4-3-5-10(11)16/h3-5,7,12,19H,2,6,17H2,1H3. The number of aryl methyl sites for hydroxylation is 1. The quantitative estimate of drug-likeness (QED) is 0.634. The molecule has 108 valence electrons. The Kier molecular flexibility index (Phi) is 5.15. The topological polar surface area (TPSA) is 55.9 Å². The molecule has 0 aliphatic heterocycles. The first-order valence-electron chi connectivity index (χ1n) is 6.21. The van der Waals surface area contributed by atoms with Gasteiger partial charge in [0, 0.05) is 17.1 Å². The van der Waals surface area contributed by atoms with Crippen molar-refractivity contribution < 1.29 is 4.39 Å². The summed E-state index contributed by atoms with van der Waals surface area (Å²) in [6.07, 6.45) is 2.58. The number of benzene rings is 1. The molecule has 0 fully saturated rings. The van der Waals surface area contributed by atoms with Gasteiger partial charge in [0.05, 0.1) is 22.4 Å². The zero-order valence-corrected chi connectivity index (χ0v) is 13.2. The average molecular weight is 362 g/mol. The molecule has 0 bridgehead atoms. The first-order valence-corrected chi connectivity index (χ1v) is 7.38. The summed E-state index contributed by atoms with van der Waals surface area (Å²) in [5, 5.41) is 4.59. The smallest absolute Gasteiger partial charge is 0.129 e. The number of nitrogens with two attached hydrogens (primary N) is 1. The van der Waals surface area contributed by atoms with E-state index in [0.717, 1.165) is 16.6 Å². The molecule has 4 nitrogen and oxygen atoms in total. The number of hydrogen-bond acceptors (Lipinski definition) is 3. The maximum atomic E-state index is 14.1. The Morgan fingerprint density at radius 1 is 1.55 bits per heavy atom. The van der Waals surface area contributed by atoms with Crippen LogP contribution < -0.4 is 11.3 Å². The van der Waals surface area contributed by atoms with E-state index in [9.17, 15) is 4.39 Å². The van der Waals surface area contributed by atoms with Crippen LogP contribution in [0.5, 0.6) is 0 Å². The van der Waals surface area contributed by atoms with Crippen LogP contribution in [0.1, 0.15) is 30.6 Å². The zero-order valence-electron chi connectivity index (χ0n) is 10.9. The third-order valence-corrected chi connectivity index (χ3v) is 3.94. The fourth-order valence-corrected chi connectivity index (χ4v) is 2.93. The summed E-state index contributed by atoms with van der Waals surface area (Å²) in [4.78, 5) is 0. The van der Waals surface area contributed by atoms with E-state index < -0.39 is 11.9 Å². The van der Waals surface area contributed by atoms with Gasteiger partial charge in [-0.25, -0.2) is 9.82 Å². The number of rotatable bonds is 5. The molecule has 3 N–H and O–H groups in total. The highest BCUT2D eigenvalue weighted by Gasteiger charge is 2.25. The second-order valence-electron chi connectivity index (χ2n) is 4.34. The summed E-state index contributed by atoms with van der Waals surface area (Å²) >= 11 is 9.55. The Bertz CT molecular complexity index is 582. The normalized spacial score (nSPS) is 12.7. The summed E-state index contributed by atoms with van der Waals surface area (Å²) in [5.74, 6) is 5.22. The molecule has 1 aromatic heterocycles. The van der Waals surface area contributed by atoms with Crippen LogP contribution in [0.15, 0.2) is 28.9 Å². The molecule has 0 spiro atoms. The van der Waals surface area contributed by atoms with E-state index in [1.165, 1.54) is 6.07 Å². The van der Waals surface area contributed by atoms with Crippen molar-refractivity contribution in [1.82, 2.24) is 15.2 Å². The van der Waals surface area contributed by atoms with Gasteiger partial charge in [-0.1, -0.05) is 24.6 Å². The minimum atomic E-state index is -0.577. The van der Waals surface area contributed by atoms with Crippen molar-refractivity contribution in [3.63, 3.8) is 0 Å². The highest BCUT2D eigenvalue weighted by Crippen LogP contribution is 2.33. The fraction of sp³-hybridized carbons (Fsp3) is 0.308. The van der Waals surface area contributed by atoms with Crippen LogP contribution in [0.25, 0.3) is 0 Å². The van der Waals surface area contributed by atoms with E-state index in [0.29, 0.717) is 17.1 Å². The van der Waals surface area contributed by atoms with E-state index in [1.54, 1.807) is 23.0 Å². The molecule has 0 saturated carbocycles. The van der Waals surface area contributed by atoms with Crippen molar-refractivity contribution in [2.24, 2.45) is 5.84 Å². The van der Waals surface area contributed by atoms with Crippen LogP contribution >= 0.6 is 27.5 Å². The van der Waals surface area contributed by atoms with Crippen LogP contribution in [0, 0.1) is 5.82 Å². The molecular weight excluding hydrogens is 347 g/mol. The lowest BCUT2D eigenvalue weighted by Gasteiger charge is -2.20. The van der Waals surface area contributed by atoms with E-state index in [4.69, 9.17) is 17.4 Å². The minimum Gasteiger partial charge on any atom is -0.271 e. The van der Waals surface area contributed by atoms with E-state index in [-0.39, 0.29) is 0 Å². The molecule has 2 aromatic rings. The highest BCUT2D eigenvalue weighted by atomic mass is 79.9. The van der Waals surface area contributed by atoms with Gasteiger partial charge >= 0.3 is 0 Å². The van der Waals surface area contributed by atoms with Gasteiger partial charge in [-0.15, -0.1) is 0 Å². The van der Waals surface area contributed by atoms with Gasteiger partial charge in [-0.2, -0.15) is 5.10 Å². The van der Waals surface area contributed by atoms with Gasteiger partial charge in [0.1, 0.15) is 5.82 Å². The van der Waals surface area contributed by atoms with Crippen molar-refractivity contribution >= 4 is 27.5 Å². The minimum absolute atomic E-state index is 0.315. The molecule has 0 aliphatic carbocycles. The number of nitrogens with zero attached hydrogens (tertiary/aromatic N) is 2. The number of halogens is 3. The molecule has 1 atom stereocenters. The molecular formula is C13H15BrClFN4. The lowest BCUT2D eigenvalue weighted by Crippen LogP contribution is -2.32. The number of nitrogens with one attached hydrogen (secondary N) is 1. The zero-order chi connectivity index (χ0) is 14.7. The van der Waals surface area contributed by atoms with Crippen molar-refractivity contribution in [3.05, 3.63) is 51.0 Å². The SMILES string of the molecule is CCCn1ncc(Br)c1C(NN)c1c(F)cccc1Cl.